The van der Waals surface area contributed by atoms with E-state index in [9.17, 15) is 13.2 Å². The minimum absolute atomic E-state index is 0.00116. The number of ether oxygens (including phenoxy) is 1. The Balaban J connectivity index is 1.67. The summed E-state index contributed by atoms with van der Waals surface area (Å²) in [6.07, 6.45) is 0.326. The lowest BCUT2D eigenvalue weighted by Crippen LogP contribution is -2.36. The van der Waals surface area contributed by atoms with Crippen molar-refractivity contribution in [3.63, 3.8) is 0 Å². The predicted molar refractivity (Wildman–Crippen MR) is 96.0 cm³/mol. The van der Waals surface area contributed by atoms with E-state index in [1.165, 1.54) is 6.07 Å². The Labute approximate surface area is 155 Å². The van der Waals surface area contributed by atoms with E-state index in [-0.39, 0.29) is 29.2 Å². The van der Waals surface area contributed by atoms with E-state index in [4.69, 9.17) is 27.9 Å². The van der Waals surface area contributed by atoms with E-state index < -0.39 is 9.84 Å². The molecular formula is C17H15Cl2NO4S. The third-order valence-electron chi connectivity index (χ3n) is 3.89. The van der Waals surface area contributed by atoms with Gasteiger partial charge in [0, 0.05) is 5.02 Å². The van der Waals surface area contributed by atoms with Crippen LogP contribution in [0.15, 0.2) is 47.4 Å². The van der Waals surface area contributed by atoms with Crippen molar-refractivity contribution in [2.75, 3.05) is 12.4 Å². The topological polar surface area (TPSA) is 72.5 Å². The number of fused-ring (bicyclic) bond motifs is 1. The highest BCUT2D eigenvalue weighted by Crippen LogP contribution is 2.32. The van der Waals surface area contributed by atoms with Gasteiger partial charge in [-0.2, -0.15) is 0 Å². The third-order valence-corrected chi connectivity index (χ3v) is 6.24. The fourth-order valence-electron chi connectivity index (χ4n) is 2.71. The van der Waals surface area contributed by atoms with Gasteiger partial charge in [-0.15, -0.1) is 0 Å². The lowest BCUT2D eigenvalue weighted by Gasteiger charge is -2.26. The van der Waals surface area contributed by atoms with Crippen molar-refractivity contribution >= 4 is 38.9 Å². The molecule has 5 nitrogen and oxygen atoms in total. The molecule has 132 valence electrons. The van der Waals surface area contributed by atoms with Crippen molar-refractivity contribution in [1.82, 2.24) is 5.32 Å². The predicted octanol–water partition coefficient (Wildman–Crippen LogP) is 3.41. The van der Waals surface area contributed by atoms with Crippen molar-refractivity contribution in [3.8, 4) is 5.75 Å². The van der Waals surface area contributed by atoms with Gasteiger partial charge < -0.3 is 10.1 Å². The molecule has 8 heteroatoms. The zero-order chi connectivity index (χ0) is 18.0. The van der Waals surface area contributed by atoms with Crippen LogP contribution in [0, 0.1) is 0 Å². The molecule has 0 saturated heterocycles. The number of carbonyl (C=O) groups is 1. The highest BCUT2D eigenvalue weighted by Gasteiger charge is 2.30. The van der Waals surface area contributed by atoms with Crippen LogP contribution in [0.2, 0.25) is 10.0 Å². The van der Waals surface area contributed by atoms with E-state index >= 15 is 0 Å². The highest BCUT2D eigenvalue weighted by molar-refractivity contribution is 7.91. The summed E-state index contributed by atoms with van der Waals surface area (Å²) in [6, 6.07) is 11.1. The standard InChI is InChI=1S/C17H15Cl2NO4S/c18-11-5-6-15(13(19)9-11)24-10-17(21)20-14-7-8-25(22,23)16-4-2-1-3-12(14)16/h1-6,9,14H,7-8,10H2,(H,20,21). The summed E-state index contributed by atoms with van der Waals surface area (Å²) in [5.41, 5.74) is 0.603. The van der Waals surface area contributed by atoms with Crippen LogP contribution in [0.25, 0.3) is 0 Å². The number of benzene rings is 2. The Hall–Kier alpha value is -1.76. The van der Waals surface area contributed by atoms with Crippen LogP contribution in [-0.4, -0.2) is 26.7 Å². The minimum Gasteiger partial charge on any atom is -0.482 e. The zero-order valence-electron chi connectivity index (χ0n) is 13.0. The summed E-state index contributed by atoms with van der Waals surface area (Å²) in [5.74, 6) is -0.00305. The van der Waals surface area contributed by atoms with Crippen LogP contribution < -0.4 is 10.1 Å². The summed E-state index contributed by atoms with van der Waals surface area (Å²) in [4.78, 5) is 12.5. The van der Waals surface area contributed by atoms with E-state index in [0.717, 1.165) is 0 Å². The first-order valence-corrected chi connectivity index (χ1v) is 9.96. The number of halogens is 2. The van der Waals surface area contributed by atoms with Crippen molar-refractivity contribution in [1.29, 1.82) is 0 Å². The average molecular weight is 400 g/mol. The normalized spacial score (nSPS) is 18.2. The summed E-state index contributed by atoms with van der Waals surface area (Å²) in [7, 11) is -3.29. The molecule has 25 heavy (non-hydrogen) atoms. The molecule has 2 aromatic carbocycles. The molecule has 0 aromatic heterocycles. The summed E-state index contributed by atoms with van der Waals surface area (Å²) < 4.78 is 29.6. The van der Waals surface area contributed by atoms with Gasteiger partial charge in [0.2, 0.25) is 0 Å². The van der Waals surface area contributed by atoms with E-state index in [2.05, 4.69) is 5.32 Å². The molecule has 0 fully saturated rings. The van der Waals surface area contributed by atoms with Crippen LogP contribution in [0.5, 0.6) is 5.75 Å². The average Bonchev–Trinajstić information content (AvgIpc) is 2.57. The first kappa shape index (κ1) is 18.0. The Bertz CT molecular complexity index is 915. The molecule has 3 rings (SSSR count). The molecular weight excluding hydrogens is 385 g/mol. The molecule has 0 aliphatic carbocycles. The first-order valence-electron chi connectivity index (χ1n) is 7.56. The molecule has 1 unspecified atom stereocenters. The maximum absolute atomic E-state index is 12.2. The van der Waals surface area contributed by atoms with Gasteiger partial charge >= 0.3 is 0 Å². The fourth-order valence-corrected chi connectivity index (χ4v) is 4.80. The van der Waals surface area contributed by atoms with Gasteiger partial charge in [0.05, 0.1) is 21.7 Å². The number of amides is 1. The lowest BCUT2D eigenvalue weighted by atomic mass is 10.0. The van der Waals surface area contributed by atoms with E-state index in [1.54, 1.807) is 36.4 Å². The zero-order valence-corrected chi connectivity index (χ0v) is 15.4. The van der Waals surface area contributed by atoms with Crippen LogP contribution >= 0.6 is 23.2 Å². The van der Waals surface area contributed by atoms with E-state index in [1.807, 2.05) is 0 Å². The molecule has 1 aliphatic rings. The molecule has 1 heterocycles. The number of hydrogen-bond acceptors (Lipinski definition) is 4. The summed E-state index contributed by atoms with van der Waals surface area (Å²) in [6.45, 7) is -0.229. The van der Waals surface area contributed by atoms with Crippen molar-refractivity contribution in [2.45, 2.75) is 17.4 Å². The van der Waals surface area contributed by atoms with Gasteiger partial charge in [0.1, 0.15) is 5.75 Å². The molecule has 0 bridgehead atoms. The fraction of sp³-hybridized carbons (Fsp3) is 0.235. The smallest absolute Gasteiger partial charge is 0.258 e. The Morgan fingerprint density at radius 1 is 1.20 bits per heavy atom. The lowest BCUT2D eigenvalue weighted by molar-refractivity contribution is -0.123. The van der Waals surface area contributed by atoms with E-state index in [0.29, 0.717) is 27.8 Å². The minimum atomic E-state index is -3.29. The van der Waals surface area contributed by atoms with Crippen molar-refractivity contribution in [2.24, 2.45) is 0 Å². The molecule has 0 radical (unpaired) electrons. The van der Waals surface area contributed by atoms with Gasteiger partial charge in [0.15, 0.2) is 16.4 Å². The molecule has 1 N–H and O–H groups in total. The molecule has 1 aliphatic heterocycles. The van der Waals surface area contributed by atoms with Gasteiger partial charge in [-0.1, -0.05) is 41.4 Å². The van der Waals surface area contributed by atoms with Crippen LogP contribution in [-0.2, 0) is 14.6 Å². The second-order valence-electron chi connectivity index (χ2n) is 5.63. The van der Waals surface area contributed by atoms with Crippen molar-refractivity contribution in [3.05, 3.63) is 58.1 Å². The van der Waals surface area contributed by atoms with Gasteiger partial charge in [0.25, 0.3) is 5.91 Å². The molecule has 0 saturated carbocycles. The number of carbonyl (C=O) groups excluding carboxylic acids is 1. The molecule has 2 aromatic rings. The third kappa shape index (κ3) is 4.08. The van der Waals surface area contributed by atoms with Crippen LogP contribution in [0.3, 0.4) is 0 Å². The molecule has 0 spiro atoms. The monoisotopic (exact) mass is 399 g/mol. The van der Waals surface area contributed by atoms with Gasteiger partial charge in [-0.3, -0.25) is 4.79 Å². The van der Waals surface area contributed by atoms with Crippen LogP contribution in [0.1, 0.15) is 18.0 Å². The van der Waals surface area contributed by atoms with Crippen LogP contribution in [0.4, 0.5) is 0 Å². The maximum atomic E-state index is 12.2. The number of rotatable bonds is 4. The first-order chi connectivity index (χ1) is 11.9. The highest BCUT2D eigenvalue weighted by atomic mass is 35.5. The Kier molecular flexibility index (Phi) is 5.22. The second kappa shape index (κ2) is 7.23. The largest absolute Gasteiger partial charge is 0.482 e. The quantitative estimate of drug-likeness (QED) is 0.854. The van der Waals surface area contributed by atoms with Crippen molar-refractivity contribution < 1.29 is 17.9 Å². The Morgan fingerprint density at radius 2 is 1.96 bits per heavy atom. The van der Waals surface area contributed by atoms with Gasteiger partial charge in [-0.05, 0) is 36.2 Å². The number of hydrogen-bond donors (Lipinski definition) is 1. The summed E-state index contributed by atoms with van der Waals surface area (Å²) in [5, 5.41) is 3.60. The SMILES string of the molecule is O=C(COc1ccc(Cl)cc1Cl)NC1CCS(=O)(=O)c2ccccc21. The van der Waals surface area contributed by atoms with Gasteiger partial charge in [-0.25, -0.2) is 8.42 Å². The maximum Gasteiger partial charge on any atom is 0.258 e. The number of nitrogens with one attached hydrogen (secondary N) is 1. The molecule has 1 amide bonds. The molecule has 1 atom stereocenters. The summed E-state index contributed by atoms with van der Waals surface area (Å²) >= 11 is 11.8. The second-order valence-corrected chi connectivity index (χ2v) is 8.55. The number of sulfone groups is 1. The Morgan fingerprint density at radius 3 is 2.72 bits per heavy atom.